The molecule has 0 radical (unpaired) electrons. The van der Waals surface area contributed by atoms with Crippen molar-refractivity contribution in [3.05, 3.63) is 78.2 Å². The number of hydrogen-bond acceptors (Lipinski definition) is 5. The van der Waals surface area contributed by atoms with E-state index in [0.717, 1.165) is 5.56 Å². The lowest BCUT2D eigenvalue weighted by Crippen LogP contribution is -2.42. The normalized spacial score (nSPS) is 11.6. The molecule has 0 bridgehead atoms. The predicted octanol–water partition coefficient (Wildman–Crippen LogP) is 3.36. The number of halogens is 1. The third-order valence-electron chi connectivity index (χ3n) is 4.16. The van der Waals surface area contributed by atoms with Crippen LogP contribution in [0.1, 0.15) is 17.4 Å². The van der Waals surface area contributed by atoms with E-state index in [1.54, 1.807) is 36.4 Å². The molecule has 148 valence electrons. The Labute approximate surface area is 167 Å². The molecule has 0 unspecified atom stereocenters. The van der Waals surface area contributed by atoms with Gasteiger partial charge in [-0.05, 0) is 67.6 Å². The molecule has 0 aliphatic carbocycles. The molecule has 6 nitrogen and oxygen atoms in total. The number of ketones is 1. The Balaban J connectivity index is 1.73. The van der Waals surface area contributed by atoms with Crippen LogP contribution in [0.15, 0.2) is 66.7 Å². The molecule has 0 saturated heterocycles. The van der Waals surface area contributed by atoms with Crippen LogP contribution in [0.5, 0.6) is 11.5 Å². The van der Waals surface area contributed by atoms with Crippen LogP contribution < -0.4 is 10.1 Å². The van der Waals surface area contributed by atoms with E-state index in [4.69, 9.17) is 4.74 Å². The number of rotatable bonds is 7. The van der Waals surface area contributed by atoms with Crippen molar-refractivity contribution in [1.29, 1.82) is 0 Å². The fourth-order valence-corrected chi connectivity index (χ4v) is 2.56. The monoisotopic (exact) mass is 394 g/mol. The van der Waals surface area contributed by atoms with E-state index < -0.39 is 18.6 Å². The number of ether oxygens (including phenoxy) is 1. The number of amides is 1. The predicted molar refractivity (Wildman–Crippen MR) is 105 cm³/mol. The Kier molecular flexibility index (Phi) is 6.31. The third kappa shape index (κ3) is 5.24. The number of carbonyl (C=O) groups excluding carboxylic acids is 2. The van der Waals surface area contributed by atoms with Crippen molar-refractivity contribution >= 4 is 11.7 Å². The van der Waals surface area contributed by atoms with Gasteiger partial charge in [-0.15, -0.1) is 0 Å². The Morgan fingerprint density at radius 2 is 1.66 bits per heavy atom. The summed E-state index contributed by atoms with van der Waals surface area (Å²) in [6.45, 7) is 0.816. The molecule has 0 aliphatic heterocycles. The minimum atomic E-state index is -0.962. The molecule has 0 fully saturated rings. The Hall–Kier alpha value is -3.58. The standard InChI is InChI=1S/C22H19FN2O4/c1-14(27)21(13-26)25-22(28)20-4-2-3-19(24-20)15-5-9-17(10-6-15)29-18-11-7-16(23)8-12-18/h2-12,21,26H,13H2,1H3,(H,25,28)/t21-/m1/s1. The van der Waals surface area contributed by atoms with Gasteiger partial charge in [-0.25, -0.2) is 9.37 Å². The van der Waals surface area contributed by atoms with E-state index in [-0.39, 0.29) is 17.3 Å². The maximum atomic E-state index is 13.0. The topological polar surface area (TPSA) is 88.5 Å². The van der Waals surface area contributed by atoms with E-state index in [9.17, 15) is 19.1 Å². The van der Waals surface area contributed by atoms with Gasteiger partial charge in [0, 0.05) is 5.56 Å². The van der Waals surface area contributed by atoms with E-state index in [1.807, 2.05) is 0 Å². The maximum Gasteiger partial charge on any atom is 0.270 e. The number of pyridine rings is 1. The molecule has 29 heavy (non-hydrogen) atoms. The molecule has 0 aliphatic rings. The average molecular weight is 394 g/mol. The fraction of sp³-hybridized carbons (Fsp3) is 0.136. The number of Topliss-reactive ketones (excluding diaryl/α,β-unsaturated/α-hetero) is 1. The molecule has 3 aromatic rings. The second-order valence-electron chi connectivity index (χ2n) is 6.31. The quantitative estimate of drug-likeness (QED) is 0.642. The van der Waals surface area contributed by atoms with Crippen molar-refractivity contribution in [2.24, 2.45) is 0 Å². The fourth-order valence-electron chi connectivity index (χ4n) is 2.56. The zero-order chi connectivity index (χ0) is 20.8. The van der Waals surface area contributed by atoms with Gasteiger partial charge in [0.25, 0.3) is 5.91 Å². The molecular weight excluding hydrogens is 375 g/mol. The Bertz CT molecular complexity index is 1000. The van der Waals surface area contributed by atoms with Crippen LogP contribution in [0, 0.1) is 5.82 Å². The molecule has 1 amide bonds. The first kappa shape index (κ1) is 20.2. The summed E-state index contributed by atoms with van der Waals surface area (Å²) in [5, 5.41) is 11.6. The number of aliphatic hydroxyl groups is 1. The van der Waals surface area contributed by atoms with Gasteiger partial charge in [-0.3, -0.25) is 9.59 Å². The Morgan fingerprint density at radius 1 is 1.03 bits per heavy atom. The summed E-state index contributed by atoms with van der Waals surface area (Å²) in [5.74, 6) is -0.135. The number of nitrogens with one attached hydrogen (secondary N) is 1. The zero-order valence-electron chi connectivity index (χ0n) is 15.6. The van der Waals surface area contributed by atoms with E-state index in [1.165, 1.54) is 37.3 Å². The first-order chi connectivity index (χ1) is 14.0. The lowest BCUT2D eigenvalue weighted by Gasteiger charge is -2.13. The molecular formula is C22H19FN2O4. The van der Waals surface area contributed by atoms with Crippen molar-refractivity contribution in [1.82, 2.24) is 10.3 Å². The first-order valence-electron chi connectivity index (χ1n) is 8.89. The summed E-state index contributed by atoms with van der Waals surface area (Å²) >= 11 is 0. The molecule has 2 aromatic carbocycles. The van der Waals surface area contributed by atoms with Gasteiger partial charge >= 0.3 is 0 Å². The Morgan fingerprint density at radius 3 is 2.24 bits per heavy atom. The maximum absolute atomic E-state index is 13.0. The second kappa shape index (κ2) is 9.07. The molecule has 0 spiro atoms. The smallest absolute Gasteiger partial charge is 0.270 e. The highest BCUT2D eigenvalue weighted by Crippen LogP contribution is 2.25. The summed E-state index contributed by atoms with van der Waals surface area (Å²) in [6, 6.07) is 16.8. The molecule has 7 heteroatoms. The van der Waals surface area contributed by atoms with Crippen molar-refractivity contribution in [3.8, 4) is 22.8 Å². The lowest BCUT2D eigenvalue weighted by atomic mass is 10.1. The van der Waals surface area contributed by atoms with Gasteiger partial charge in [0.1, 0.15) is 29.1 Å². The molecule has 2 N–H and O–H groups in total. The molecule has 1 aromatic heterocycles. The van der Waals surface area contributed by atoms with Gasteiger partial charge in [0.15, 0.2) is 5.78 Å². The third-order valence-corrected chi connectivity index (χ3v) is 4.16. The minimum Gasteiger partial charge on any atom is -0.457 e. The van der Waals surface area contributed by atoms with E-state index in [0.29, 0.717) is 17.2 Å². The number of carbonyl (C=O) groups is 2. The number of hydrogen-bond donors (Lipinski definition) is 2. The van der Waals surface area contributed by atoms with Crippen molar-refractivity contribution in [2.45, 2.75) is 13.0 Å². The number of nitrogens with zero attached hydrogens (tertiary/aromatic N) is 1. The highest BCUT2D eigenvalue weighted by atomic mass is 19.1. The number of benzene rings is 2. The second-order valence-corrected chi connectivity index (χ2v) is 6.31. The highest BCUT2D eigenvalue weighted by molar-refractivity contribution is 5.96. The first-order valence-corrected chi connectivity index (χ1v) is 8.89. The van der Waals surface area contributed by atoms with Gasteiger partial charge in [0.2, 0.25) is 0 Å². The minimum absolute atomic E-state index is 0.133. The van der Waals surface area contributed by atoms with Gasteiger partial charge < -0.3 is 15.2 Å². The SMILES string of the molecule is CC(=O)[C@@H](CO)NC(=O)c1cccc(-c2ccc(Oc3ccc(F)cc3)cc2)n1. The summed E-state index contributed by atoms with van der Waals surface area (Å²) < 4.78 is 18.6. The van der Waals surface area contributed by atoms with Crippen molar-refractivity contribution in [3.63, 3.8) is 0 Å². The van der Waals surface area contributed by atoms with Crippen LogP contribution in [0.2, 0.25) is 0 Å². The van der Waals surface area contributed by atoms with Crippen LogP contribution in [0.25, 0.3) is 11.3 Å². The molecule has 1 heterocycles. The van der Waals surface area contributed by atoms with Gasteiger partial charge in [0.05, 0.1) is 12.3 Å². The summed E-state index contributed by atoms with van der Waals surface area (Å²) in [4.78, 5) is 28.0. The van der Waals surface area contributed by atoms with Crippen molar-refractivity contribution < 1.29 is 23.8 Å². The number of aromatic nitrogens is 1. The number of aliphatic hydroxyl groups excluding tert-OH is 1. The van der Waals surface area contributed by atoms with Crippen LogP contribution in [0.4, 0.5) is 4.39 Å². The average Bonchev–Trinajstić information content (AvgIpc) is 2.74. The van der Waals surface area contributed by atoms with Crippen molar-refractivity contribution in [2.75, 3.05) is 6.61 Å². The molecule has 0 saturated carbocycles. The summed E-state index contributed by atoms with van der Waals surface area (Å²) in [7, 11) is 0. The molecule has 3 rings (SSSR count). The van der Waals surface area contributed by atoms with Crippen LogP contribution >= 0.6 is 0 Å². The zero-order valence-corrected chi connectivity index (χ0v) is 15.6. The highest BCUT2D eigenvalue weighted by Gasteiger charge is 2.18. The van der Waals surface area contributed by atoms with Crippen LogP contribution in [0.3, 0.4) is 0 Å². The molecule has 1 atom stereocenters. The van der Waals surface area contributed by atoms with E-state index >= 15 is 0 Å². The van der Waals surface area contributed by atoms with Gasteiger partial charge in [-0.2, -0.15) is 0 Å². The largest absolute Gasteiger partial charge is 0.457 e. The lowest BCUT2D eigenvalue weighted by molar-refractivity contribution is -0.119. The summed E-state index contributed by atoms with van der Waals surface area (Å²) in [5.41, 5.74) is 1.46. The van der Waals surface area contributed by atoms with Crippen LogP contribution in [-0.4, -0.2) is 34.4 Å². The van der Waals surface area contributed by atoms with Crippen LogP contribution in [-0.2, 0) is 4.79 Å². The van der Waals surface area contributed by atoms with E-state index in [2.05, 4.69) is 10.3 Å². The summed E-state index contributed by atoms with van der Waals surface area (Å²) in [6.07, 6.45) is 0. The van der Waals surface area contributed by atoms with Gasteiger partial charge in [-0.1, -0.05) is 6.07 Å².